The van der Waals surface area contributed by atoms with Crippen molar-refractivity contribution < 1.29 is 9.53 Å². The number of rotatable bonds is 5. The lowest BCUT2D eigenvalue weighted by Crippen LogP contribution is -2.15. The summed E-state index contributed by atoms with van der Waals surface area (Å²) < 4.78 is 4.85. The molecule has 3 nitrogen and oxygen atoms in total. The third-order valence-corrected chi connectivity index (χ3v) is 2.10. The van der Waals surface area contributed by atoms with Gasteiger partial charge in [0.2, 0.25) is 0 Å². The van der Waals surface area contributed by atoms with Crippen molar-refractivity contribution in [3.63, 3.8) is 0 Å². The molecule has 1 aliphatic rings. The number of carbonyl (C=O) groups excluding carboxylic acids is 1. The maximum absolute atomic E-state index is 11.4. The second-order valence-electron chi connectivity index (χ2n) is 3.50. The zero-order chi connectivity index (χ0) is 10.4. The number of methoxy groups -OCH3 is 1. The van der Waals surface area contributed by atoms with Gasteiger partial charge in [-0.05, 0) is 5.57 Å². The van der Waals surface area contributed by atoms with Crippen molar-refractivity contribution in [2.75, 3.05) is 27.3 Å². The Morgan fingerprint density at radius 3 is 3.07 bits per heavy atom. The van der Waals surface area contributed by atoms with Crippen LogP contribution >= 0.6 is 0 Å². The van der Waals surface area contributed by atoms with Crippen molar-refractivity contribution in [1.82, 2.24) is 4.90 Å². The lowest BCUT2D eigenvalue weighted by atomic mass is 10.1. The molecule has 0 aromatic heterocycles. The quantitative estimate of drug-likeness (QED) is 0.663. The molecule has 0 N–H and O–H groups in total. The van der Waals surface area contributed by atoms with Crippen LogP contribution in [0, 0.1) is 0 Å². The van der Waals surface area contributed by atoms with Crippen molar-refractivity contribution in [2.24, 2.45) is 0 Å². The van der Waals surface area contributed by atoms with Gasteiger partial charge in [0.25, 0.3) is 0 Å². The molecule has 0 aromatic rings. The maximum Gasteiger partial charge on any atom is 0.139 e. The second-order valence-corrected chi connectivity index (χ2v) is 3.50. The highest BCUT2D eigenvalue weighted by Gasteiger charge is 2.06. The molecule has 1 aliphatic heterocycles. The summed E-state index contributed by atoms with van der Waals surface area (Å²) in [6, 6.07) is 0. The molecule has 0 unspecified atom stereocenters. The van der Waals surface area contributed by atoms with Crippen LogP contribution in [0.2, 0.25) is 0 Å². The first-order valence-corrected chi connectivity index (χ1v) is 4.80. The highest BCUT2D eigenvalue weighted by atomic mass is 16.5. The number of ketones is 1. The Morgan fingerprint density at radius 1 is 1.64 bits per heavy atom. The standard InChI is InChI=1S/C11H17NO2/c1-12-6-3-4-10(9-12)8-11(13)5-7-14-2/h3-4,9H,5-8H2,1-2H3. The maximum atomic E-state index is 11.4. The van der Waals surface area contributed by atoms with Gasteiger partial charge in [0.1, 0.15) is 5.78 Å². The van der Waals surface area contributed by atoms with Crippen LogP contribution in [0.25, 0.3) is 0 Å². The van der Waals surface area contributed by atoms with Crippen LogP contribution < -0.4 is 0 Å². The van der Waals surface area contributed by atoms with E-state index in [0.717, 1.165) is 12.1 Å². The van der Waals surface area contributed by atoms with Gasteiger partial charge in [0.15, 0.2) is 0 Å². The van der Waals surface area contributed by atoms with Crippen molar-refractivity contribution >= 4 is 5.78 Å². The number of allylic oxidation sites excluding steroid dienone is 2. The Labute approximate surface area is 85.0 Å². The average molecular weight is 195 g/mol. The third kappa shape index (κ3) is 3.75. The van der Waals surface area contributed by atoms with Crippen molar-refractivity contribution in [3.8, 4) is 0 Å². The lowest BCUT2D eigenvalue weighted by molar-refractivity contribution is -0.119. The van der Waals surface area contributed by atoms with E-state index in [2.05, 4.69) is 11.0 Å². The minimum Gasteiger partial charge on any atom is -0.384 e. The first kappa shape index (κ1) is 11.0. The topological polar surface area (TPSA) is 29.5 Å². The molecule has 0 bridgehead atoms. The summed E-state index contributed by atoms with van der Waals surface area (Å²) in [5.74, 6) is 0.234. The fraction of sp³-hybridized carbons (Fsp3) is 0.545. The van der Waals surface area contributed by atoms with Crippen molar-refractivity contribution in [1.29, 1.82) is 0 Å². The predicted molar refractivity (Wildman–Crippen MR) is 56.0 cm³/mol. The summed E-state index contributed by atoms with van der Waals surface area (Å²) in [5.41, 5.74) is 1.08. The van der Waals surface area contributed by atoms with E-state index in [0.29, 0.717) is 19.4 Å². The van der Waals surface area contributed by atoms with Crippen molar-refractivity contribution in [2.45, 2.75) is 12.8 Å². The molecule has 0 saturated heterocycles. The van der Waals surface area contributed by atoms with E-state index < -0.39 is 0 Å². The number of nitrogens with zero attached hydrogens (tertiary/aromatic N) is 1. The van der Waals surface area contributed by atoms with E-state index in [9.17, 15) is 4.79 Å². The van der Waals surface area contributed by atoms with Gasteiger partial charge >= 0.3 is 0 Å². The fourth-order valence-corrected chi connectivity index (χ4v) is 1.39. The van der Waals surface area contributed by atoms with Gasteiger partial charge in [-0.15, -0.1) is 0 Å². The van der Waals surface area contributed by atoms with Gasteiger partial charge in [-0.2, -0.15) is 0 Å². The van der Waals surface area contributed by atoms with Crippen LogP contribution in [0.5, 0.6) is 0 Å². The van der Waals surface area contributed by atoms with Crippen LogP contribution in [-0.4, -0.2) is 38.0 Å². The first-order valence-electron chi connectivity index (χ1n) is 4.80. The van der Waals surface area contributed by atoms with Crippen LogP contribution in [0.1, 0.15) is 12.8 Å². The minimum atomic E-state index is 0.234. The van der Waals surface area contributed by atoms with E-state index in [1.54, 1.807) is 7.11 Å². The Hall–Kier alpha value is -1.09. The van der Waals surface area contributed by atoms with Crippen LogP contribution in [0.3, 0.4) is 0 Å². The molecule has 0 saturated carbocycles. The molecule has 0 radical (unpaired) electrons. The summed E-state index contributed by atoms with van der Waals surface area (Å²) in [7, 11) is 3.62. The molecule has 0 aliphatic carbocycles. The largest absolute Gasteiger partial charge is 0.384 e. The molecular formula is C11H17NO2. The number of Topliss-reactive ketones (excluding diaryl/α,β-unsaturated/α-hetero) is 1. The highest BCUT2D eigenvalue weighted by molar-refractivity contribution is 5.81. The van der Waals surface area contributed by atoms with Crippen molar-refractivity contribution in [3.05, 3.63) is 23.9 Å². The fourth-order valence-electron chi connectivity index (χ4n) is 1.39. The van der Waals surface area contributed by atoms with E-state index in [-0.39, 0.29) is 5.78 Å². The van der Waals surface area contributed by atoms with E-state index in [4.69, 9.17) is 4.74 Å². The van der Waals surface area contributed by atoms with Gasteiger partial charge in [-0.3, -0.25) is 4.79 Å². The van der Waals surface area contributed by atoms with Gasteiger partial charge < -0.3 is 9.64 Å². The van der Waals surface area contributed by atoms with Gasteiger partial charge in [-0.25, -0.2) is 0 Å². The minimum absolute atomic E-state index is 0.234. The number of ether oxygens (including phenoxy) is 1. The van der Waals surface area contributed by atoms with E-state index >= 15 is 0 Å². The number of hydrogen-bond acceptors (Lipinski definition) is 3. The molecule has 1 rings (SSSR count). The average Bonchev–Trinajstić information content (AvgIpc) is 2.15. The smallest absolute Gasteiger partial charge is 0.139 e. The second kappa shape index (κ2) is 5.60. The monoisotopic (exact) mass is 195 g/mol. The lowest BCUT2D eigenvalue weighted by Gasteiger charge is -2.17. The highest BCUT2D eigenvalue weighted by Crippen LogP contribution is 2.11. The number of hydrogen-bond donors (Lipinski definition) is 0. The Bertz CT molecular complexity index is 256. The summed E-state index contributed by atoms with van der Waals surface area (Å²) in [5, 5.41) is 0. The molecule has 0 aromatic carbocycles. The zero-order valence-corrected chi connectivity index (χ0v) is 8.82. The molecule has 14 heavy (non-hydrogen) atoms. The number of likely N-dealkylation sites (N-methyl/N-ethyl adjacent to an activating group) is 1. The van der Waals surface area contributed by atoms with E-state index in [1.807, 2.05) is 19.3 Å². The zero-order valence-electron chi connectivity index (χ0n) is 8.82. The van der Waals surface area contributed by atoms with Gasteiger partial charge in [0.05, 0.1) is 6.61 Å². The molecule has 0 atom stereocenters. The van der Waals surface area contributed by atoms with Crippen LogP contribution in [0.4, 0.5) is 0 Å². The Morgan fingerprint density at radius 2 is 2.43 bits per heavy atom. The molecule has 0 spiro atoms. The Balaban J connectivity index is 2.36. The molecule has 0 fully saturated rings. The van der Waals surface area contributed by atoms with Gasteiger partial charge in [0, 0.05) is 39.7 Å². The van der Waals surface area contributed by atoms with Crippen LogP contribution in [0.15, 0.2) is 23.9 Å². The summed E-state index contributed by atoms with van der Waals surface area (Å²) in [4.78, 5) is 13.5. The molecule has 3 heteroatoms. The molecule has 0 amide bonds. The number of carbonyl (C=O) groups is 1. The van der Waals surface area contributed by atoms with Gasteiger partial charge in [-0.1, -0.05) is 12.2 Å². The SMILES string of the molecule is COCCC(=O)CC1=CN(C)CC=C1. The summed E-state index contributed by atoms with van der Waals surface area (Å²) in [6.45, 7) is 1.45. The molecular weight excluding hydrogens is 178 g/mol. The summed E-state index contributed by atoms with van der Waals surface area (Å²) in [6.07, 6.45) is 7.13. The molecule has 78 valence electrons. The molecule has 1 heterocycles. The van der Waals surface area contributed by atoms with E-state index in [1.165, 1.54) is 0 Å². The summed E-state index contributed by atoms with van der Waals surface area (Å²) >= 11 is 0. The first-order chi connectivity index (χ1) is 6.72. The van der Waals surface area contributed by atoms with Crippen LogP contribution in [-0.2, 0) is 9.53 Å². The normalized spacial score (nSPS) is 15.6. The third-order valence-electron chi connectivity index (χ3n) is 2.10. The Kier molecular flexibility index (Phi) is 4.40. The predicted octanol–water partition coefficient (Wildman–Crippen LogP) is 1.37.